The molecule has 0 aliphatic carbocycles. The van der Waals surface area contributed by atoms with Gasteiger partial charge in [-0.2, -0.15) is 5.48 Å². The minimum absolute atomic E-state index is 0.0248. The van der Waals surface area contributed by atoms with Crippen molar-refractivity contribution in [1.82, 2.24) is 5.48 Å². The minimum Gasteiger partial charge on any atom is -0.480 e. The molecule has 13 heavy (non-hydrogen) atoms. The van der Waals surface area contributed by atoms with E-state index in [-0.39, 0.29) is 12.8 Å². The highest BCUT2D eigenvalue weighted by atomic mass is 16.6. The largest absolute Gasteiger partial charge is 0.480 e. The molecule has 0 aromatic rings. The van der Waals surface area contributed by atoms with Crippen molar-refractivity contribution in [1.29, 1.82) is 0 Å². The highest BCUT2D eigenvalue weighted by Gasteiger charge is 2.17. The molecule has 0 heterocycles. The van der Waals surface area contributed by atoms with Crippen molar-refractivity contribution in [2.24, 2.45) is 5.73 Å². The summed E-state index contributed by atoms with van der Waals surface area (Å²) in [5, 5.41) is 8.62. The third-order valence-corrected chi connectivity index (χ3v) is 1.35. The molecule has 4 N–H and O–H groups in total. The lowest BCUT2D eigenvalue weighted by Crippen LogP contribution is -2.37. The van der Waals surface area contributed by atoms with Gasteiger partial charge in [-0.15, -0.1) is 0 Å². The van der Waals surface area contributed by atoms with E-state index in [0.29, 0.717) is 6.61 Å². The lowest BCUT2D eigenvalue weighted by molar-refractivity contribution is -0.144. The number of rotatable bonds is 7. The highest BCUT2D eigenvalue weighted by Crippen LogP contribution is 1.96. The Hall–Kier alpha value is -1.14. The summed E-state index contributed by atoms with van der Waals surface area (Å²) in [5.74, 6) is -1.58. The second kappa shape index (κ2) is 6.38. The van der Waals surface area contributed by atoms with Crippen LogP contribution in [0.15, 0.2) is 0 Å². The first-order valence-electron chi connectivity index (χ1n) is 3.96. The van der Waals surface area contributed by atoms with Crippen LogP contribution in [0.5, 0.6) is 0 Å². The monoisotopic (exact) mass is 190 g/mol. The van der Waals surface area contributed by atoms with E-state index in [9.17, 15) is 9.59 Å². The molecule has 0 bridgehead atoms. The van der Waals surface area contributed by atoms with Crippen LogP contribution in [-0.2, 0) is 14.4 Å². The molecule has 6 nitrogen and oxygen atoms in total. The quantitative estimate of drug-likeness (QED) is 0.458. The average molecular weight is 190 g/mol. The third kappa shape index (κ3) is 6.06. The zero-order valence-corrected chi connectivity index (χ0v) is 7.45. The van der Waals surface area contributed by atoms with Crippen LogP contribution in [0.1, 0.15) is 19.8 Å². The molecule has 0 aliphatic rings. The van der Waals surface area contributed by atoms with Crippen molar-refractivity contribution in [3.63, 3.8) is 0 Å². The number of hydrogen-bond acceptors (Lipinski definition) is 4. The zero-order valence-electron chi connectivity index (χ0n) is 7.45. The van der Waals surface area contributed by atoms with Crippen LogP contribution < -0.4 is 11.2 Å². The molecule has 0 unspecified atom stereocenters. The first-order valence-corrected chi connectivity index (χ1v) is 3.96. The minimum atomic E-state index is -1.06. The second-order valence-electron chi connectivity index (χ2n) is 2.45. The summed E-state index contributed by atoms with van der Waals surface area (Å²) < 4.78 is 0. The molecule has 0 spiro atoms. The summed E-state index contributed by atoms with van der Waals surface area (Å²) in [5.41, 5.74) is 7.19. The molecule has 0 radical (unpaired) electrons. The van der Waals surface area contributed by atoms with Crippen LogP contribution in [0.4, 0.5) is 0 Å². The topological polar surface area (TPSA) is 102 Å². The fraction of sp³-hybridized carbons (Fsp3) is 0.714. The maximum atomic E-state index is 10.5. The Balaban J connectivity index is 3.80. The van der Waals surface area contributed by atoms with Crippen LogP contribution in [-0.4, -0.2) is 29.6 Å². The maximum absolute atomic E-state index is 10.5. The number of nitrogens with two attached hydrogens (primary N) is 1. The summed E-state index contributed by atoms with van der Waals surface area (Å²) in [6, 6.07) is -0.882. The van der Waals surface area contributed by atoms with E-state index >= 15 is 0 Å². The van der Waals surface area contributed by atoms with Crippen LogP contribution in [0.2, 0.25) is 0 Å². The lowest BCUT2D eigenvalue weighted by Gasteiger charge is -2.11. The zero-order chi connectivity index (χ0) is 10.3. The number of carboxylic acids is 1. The smallest absolute Gasteiger partial charge is 0.323 e. The molecule has 0 aliphatic heterocycles. The Morgan fingerprint density at radius 1 is 1.62 bits per heavy atom. The van der Waals surface area contributed by atoms with Crippen molar-refractivity contribution in [3.8, 4) is 0 Å². The second-order valence-corrected chi connectivity index (χ2v) is 2.45. The van der Waals surface area contributed by atoms with E-state index in [2.05, 4.69) is 5.48 Å². The van der Waals surface area contributed by atoms with E-state index in [1.165, 1.54) is 0 Å². The number of hydroxylamine groups is 1. The Bertz CT molecular complexity index is 183. The van der Waals surface area contributed by atoms with Gasteiger partial charge in [0.15, 0.2) is 0 Å². The number of amides is 1. The summed E-state index contributed by atoms with van der Waals surface area (Å²) in [4.78, 5) is 25.6. The van der Waals surface area contributed by atoms with E-state index < -0.39 is 17.9 Å². The van der Waals surface area contributed by atoms with E-state index in [0.717, 1.165) is 0 Å². The molecule has 0 saturated heterocycles. The average Bonchev–Trinajstić information content (AvgIpc) is 2.03. The van der Waals surface area contributed by atoms with Gasteiger partial charge in [-0.1, -0.05) is 0 Å². The van der Waals surface area contributed by atoms with Gasteiger partial charge in [0.25, 0.3) is 0 Å². The first-order chi connectivity index (χ1) is 6.07. The third-order valence-electron chi connectivity index (χ3n) is 1.35. The normalized spacial score (nSPS) is 12.4. The van der Waals surface area contributed by atoms with Crippen molar-refractivity contribution in [3.05, 3.63) is 0 Å². The number of aliphatic carboxylic acids is 1. The first kappa shape index (κ1) is 11.9. The molecule has 0 aromatic heterocycles. The molecule has 0 saturated carbocycles. The van der Waals surface area contributed by atoms with E-state index in [4.69, 9.17) is 15.7 Å². The van der Waals surface area contributed by atoms with Gasteiger partial charge in [-0.25, -0.2) is 0 Å². The molecule has 0 rings (SSSR count). The van der Waals surface area contributed by atoms with Gasteiger partial charge in [-0.3, -0.25) is 9.59 Å². The molecular formula is C7H14N2O4. The fourth-order valence-electron chi connectivity index (χ4n) is 0.703. The lowest BCUT2D eigenvalue weighted by atomic mass is 10.1. The maximum Gasteiger partial charge on any atom is 0.323 e. The molecule has 1 amide bonds. The number of carbonyl (C=O) groups excluding carboxylic acids is 1. The Morgan fingerprint density at radius 3 is 2.62 bits per heavy atom. The number of carboxylic acid groups (broad SMARTS) is 1. The van der Waals surface area contributed by atoms with Gasteiger partial charge in [0.1, 0.15) is 6.04 Å². The van der Waals surface area contributed by atoms with Crippen molar-refractivity contribution < 1.29 is 19.5 Å². The number of carbonyl (C=O) groups is 2. The summed E-state index contributed by atoms with van der Waals surface area (Å²) in [6.07, 6.45) is 0.154. The molecule has 1 atom stereocenters. The number of hydrogen-bond donors (Lipinski definition) is 3. The standard InChI is InChI=1S/C7H14N2O4/c1-2-13-9-5(7(11)12)3-4-6(8)10/h5,9H,2-4H2,1H3,(H2,8,10)(H,11,12)/t5-/m0/s1. The van der Waals surface area contributed by atoms with Gasteiger partial charge in [0.05, 0.1) is 6.61 Å². The van der Waals surface area contributed by atoms with Crippen molar-refractivity contribution >= 4 is 11.9 Å². The van der Waals surface area contributed by atoms with Crippen molar-refractivity contribution in [2.75, 3.05) is 6.61 Å². The predicted octanol–water partition coefficient (Wildman–Crippen LogP) is -0.754. The Labute approximate surface area is 76.0 Å². The summed E-state index contributed by atoms with van der Waals surface area (Å²) >= 11 is 0. The van der Waals surface area contributed by atoms with Crippen LogP contribution in [0.25, 0.3) is 0 Å². The fourth-order valence-corrected chi connectivity index (χ4v) is 0.703. The molecular weight excluding hydrogens is 176 g/mol. The summed E-state index contributed by atoms with van der Waals surface area (Å²) in [6.45, 7) is 2.08. The van der Waals surface area contributed by atoms with Gasteiger partial charge in [0.2, 0.25) is 5.91 Å². The van der Waals surface area contributed by atoms with Crippen LogP contribution >= 0.6 is 0 Å². The molecule has 0 fully saturated rings. The van der Waals surface area contributed by atoms with E-state index in [1.807, 2.05) is 0 Å². The van der Waals surface area contributed by atoms with Gasteiger partial charge < -0.3 is 15.7 Å². The number of nitrogens with one attached hydrogen (secondary N) is 1. The van der Waals surface area contributed by atoms with Crippen LogP contribution in [0.3, 0.4) is 0 Å². The molecule has 6 heteroatoms. The van der Waals surface area contributed by atoms with Gasteiger partial charge >= 0.3 is 5.97 Å². The van der Waals surface area contributed by atoms with Crippen LogP contribution in [0, 0.1) is 0 Å². The van der Waals surface area contributed by atoms with E-state index in [1.54, 1.807) is 6.92 Å². The van der Waals surface area contributed by atoms with Gasteiger partial charge in [0, 0.05) is 6.42 Å². The molecule has 76 valence electrons. The Kier molecular flexibility index (Phi) is 5.82. The van der Waals surface area contributed by atoms with Gasteiger partial charge in [-0.05, 0) is 13.3 Å². The predicted molar refractivity (Wildman–Crippen MR) is 44.6 cm³/mol. The molecule has 0 aromatic carbocycles. The SMILES string of the molecule is CCON[C@@H](CCC(N)=O)C(=O)O. The Morgan fingerprint density at radius 2 is 2.23 bits per heavy atom. The number of primary amides is 1. The van der Waals surface area contributed by atoms with Crippen molar-refractivity contribution in [2.45, 2.75) is 25.8 Å². The summed E-state index contributed by atoms with van der Waals surface area (Å²) in [7, 11) is 0. The highest BCUT2D eigenvalue weighted by molar-refractivity contribution is 5.77.